The molecule has 3 heterocycles. The van der Waals surface area contributed by atoms with Gasteiger partial charge in [-0.1, -0.05) is 0 Å². The fraction of sp³-hybridized carbons (Fsp3) is 0.400. The van der Waals surface area contributed by atoms with Crippen LogP contribution in [-0.2, 0) is 6.42 Å². The van der Waals surface area contributed by atoms with Crippen molar-refractivity contribution in [3.63, 3.8) is 0 Å². The van der Waals surface area contributed by atoms with E-state index in [9.17, 15) is 0 Å². The van der Waals surface area contributed by atoms with Gasteiger partial charge in [0.15, 0.2) is 5.65 Å². The number of imidazole rings is 1. The van der Waals surface area contributed by atoms with Gasteiger partial charge >= 0.3 is 0 Å². The highest BCUT2D eigenvalue weighted by Crippen LogP contribution is 2.28. The van der Waals surface area contributed by atoms with Crippen molar-refractivity contribution in [3.05, 3.63) is 39.7 Å². The number of fused-ring (bicyclic) bond motifs is 1. The SMILES string of the molecule is Cc1cnc(C(C)n2c(CCCl)nc3c(C)ccnc32)s1. The fourth-order valence-electron chi connectivity index (χ4n) is 2.50. The minimum absolute atomic E-state index is 0.112. The zero-order chi connectivity index (χ0) is 15.0. The van der Waals surface area contributed by atoms with Gasteiger partial charge in [-0.05, 0) is 32.4 Å². The number of thiazole rings is 1. The average molecular weight is 321 g/mol. The highest BCUT2D eigenvalue weighted by atomic mass is 35.5. The Kier molecular flexibility index (Phi) is 3.95. The van der Waals surface area contributed by atoms with Gasteiger partial charge in [0.2, 0.25) is 0 Å². The van der Waals surface area contributed by atoms with Crippen LogP contribution in [0.5, 0.6) is 0 Å². The maximum absolute atomic E-state index is 5.94. The van der Waals surface area contributed by atoms with E-state index in [0.29, 0.717) is 5.88 Å². The summed E-state index contributed by atoms with van der Waals surface area (Å²) in [5.74, 6) is 1.52. The smallest absolute Gasteiger partial charge is 0.160 e. The predicted octanol–water partition coefficient (Wildman–Crippen LogP) is 3.90. The number of alkyl halides is 1. The minimum atomic E-state index is 0.112. The van der Waals surface area contributed by atoms with Crippen molar-refractivity contribution >= 4 is 34.1 Å². The molecule has 0 aliphatic carbocycles. The predicted molar refractivity (Wildman–Crippen MR) is 87.4 cm³/mol. The lowest BCUT2D eigenvalue weighted by Crippen LogP contribution is -2.11. The maximum Gasteiger partial charge on any atom is 0.160 e. The third-order valence-electron chi connectivity index (χ3n) is 3.56. The van der Waals surface area contributed by atoms with Gasteiger partial charge in [-0.2, -0.15) is 0 Å². The van der Waals surface area contributed by atoms with Crippen molar-refractivity contribution in [1.82, 2.24) is 19.5 Å². The van der Waals surface area contributed by atoms with E-state index in [0.717, 1.165) is 34.0 Å². The van der Waals surface area contributed by atoms with Crippen LogP contribution >= 0.6 is 22.9 Å². The molecular formula is C15H17ClN4S. The summed E-state index contributed by atoms with van der Waals surface area (Å²) in [5.41, 5.74) is 3.00. The first-order valence-electron chi connectivity index (χ1n) is 6.92. The third-order valence-corrected chi connectivity index (χ3v) is 4.83. The lowest BCUT2D eigenvalue weighted by molar-refractivity contribution is 0.615. The molecule has 0 aliphatic rings. The second-order valence-corrected chi connectivity index (χ2v) is 6.77. The molecule has 1 atom stereocenters. The summed E-state index contributed by atoms with van der Waals surface area (Å²) in [4.78, 5) is 15.0. The first-order valence-corrected chi connectivity index (χ1v) is 8.27. The van der Waals surface area contributed by atoms with E-state index in [1.165, 1.54) is 4.88 Å². The van der Waals surface area contributed by atoms with Crippen molar-refractivity contribution in [2.45, 2.75) is 33.2 Å². The summed E-state index contributed by atoms with van der Waals surface area (Å²) in [5, 5.41) is 1.07. The Labute approximate surface area is 132 Å². The number of hydrogen-bond acceptors (Lipinski definition) is 4. The Morgan fingerprint density at radius 1 is 1.33 bits per heavy atom. The molecule has 3 aromatic rings. The van der Waals surface area contributed by atoms with E-state index in [-0.39, 0.29) is 6.04 Å². The number of pyridine rings is 1. The Hall–Kier alpha value is -1.46. The normalized spacial score (nSPS) is 13.0. The third kappa shape index (κ3) is 2.56. The van der Waals surface area contributed by atoms with Crippen LogP contribution < -0.4 is 0 Å². The molecule has 3 rings (SSSR count). The van der Waals surface area contributed by atoms with Crippen molar-refractivity contribution in [1.29, 1.82) is 0 Å². The molecule has 21 heavy (non-hydrogen) atoms. The first-order chi connectivity index (χ1) is 10.1. The van der Waals surface area contributed by atoms with E-state index < -0.39 is 0 Å². The lowest BCUT2D eigenvalue weighted by atomic mass is 10.2. The summed E-state index contributed by atoms with van der Waals surface area (Å²) in [6.07, 6.45) is 4.47. The molecule has 0 amide bonds. The summed E-state index contributed by atoms with van der Waals surface area (Å²) in [6.45, 7) is 6.27. The number of aromatic nitrogens is 4. The molecule has 0 aliphatic heterocycles. The molecule has 0 saturated heterocycles. The van der Waals surface area contributed by atoms with Crippen LogP contribution in [0.1, 0.15) is 34.2 Å². The Balaban J connectivity index is 2.19. The van der Waals surface area contributed by atoms with E-state index in [1.54, 1.807) is 11.3 Å². The van der Waals surface area contributed by atoms with Gasteiger partial charge in [0.25, 0.3) is 0 Å². The largest absolute Gasteiger partial charge is 0.303 e. The van der Waals surface area contributed by atoms with E-state index >= 15 is 0 Å². The van der Waals surface area contributed by atoms with E-state index in [2.05, 4.69) is 35.3 Å². The number of halogens is 1. The van der Waals surface area contributed by atoms with Crippen molar-refractivity contribution < 1.29 is 0 Å². The molecule has 0 saturated carbocycles. The molecule has 0 radical (unpaired) electrons. The van der Waals surface area contributed by atoms with Crippen LogP contribution in [0.4, 0.5) is 0 Å². The van der Waals surface area contributed by atoms with Gasteiger partial charge in [-0.25, -0.2) is 15.0 Å². The zero-order valence-electron chi connectivity index (χ0n) is 12.3. The van der Waals surface area contributed by atoms with Crippen LogP contribution in [0.2, 0.25) is 0 Å². The molecule has 4 nitrogen and oxygen atoms in total. The molecule has 6 heteroatoms. The first kappa shape index (κ1) is 14.5. The Morgan fingerprint density at radius 3 is 2.81 bits per heavy atom. The van der Waals surface area contributed by atoms with Gasteiger partial charge < -0.3 is 4.57 Å². The average Bonchev–Trinajstić information content (AvgIpc) is 3.03. The van der Waals surface area contributed by atoms with Crippen LogP contribution in [0, 0.1) is 13.8 Å². The van der Waals surface area contributed by atoms with E-state index in [4.69, 9.17) is 16.6 Å². The summed E-state index contributed by atoms with van der Waals surface area (Å²) >= 11 is 7.66. The van der Waals surface area contributed by atoms with Crippen molar-refractivity contribution in [2.24, 2.45) is 0 Å². The van der Waals surface area contributed by atoms with E-state index in [1.807, 2.05) is 18.5 Å². The fourth-order valence-corrected chi connectivity index (χ4v) is 3.49. The highest BCUT2D eigenvalue weighted by molar-refractivity contribution is 7.11. The molecule has 0 spiro atoms. The molecule has 3 aromatic heterocycles. The van der Waals surface area contributed by atoms with Crippen LogP contribution in [-0.4, -0.2) is 25.4 Å². The highest BCUT2D eigenvalue weighted by Gasteiger charge is 2.20. The minimum Gasteiger partial charge on any atom is -0.303 e. The second-order valence-electron chi connectivity index (χ2n) is 5.12. The molecule has 0 fully saturated rings. The lowest BCUT2D eigenvalue weighted by Gasteiger charge is -2.14. The molecule has 0 aromatic carbocycles. The van der Waals surface area contributed by atoms with Crippen molar-refractivity contribution in [3.8, 4) is 0 Å². The molecule has 110 valence electrons. The Bertz CT molecular complexity index is 777. The molecule has 0 bridgehead atoms. The molecule has 0 N–H and O–H groups in total. The second kappa shape index (κ2) is 5.73. The van der Waals surface area contributed by atoms with Gasteiger partial charge in [-0.15, -0.1) is 22.9 Å². The van der Waals surface area contributed by atoms with Crippen LogP contribution in [0.3, 0.4) is 0 Å². The standard InChI is InChI=1S/C15H17ClN4S/c1-9-5-7-17-14-13(9)19-12(4-6-16)20(14)11(3)15-18-8-10(2)21-15/h5,7-8,11H,4,6H2,1-3H3. The quantitative estimate of drug-likeness (QED) is 0.685. The number of nitrogens with zero attached hydrogens (tertiary/aromatic N) is 4. The zero-order valence-corrected chi connectivity index (χ0v) is 13.9. The summed E-state index contributed by atoms with van der Waals surface area (Å²) in [6, 6.07) is 2.10. The summed E-state index contributed by atoms with van der Waals surface area (Å²) in [7, 11) is 0. The topological polar surface area (TPSA) is 43.6 Å². The Morgan fingerprint density at radius 2 is 2.14 bits per heavy atom. The van der Waals surface area contributed by atoms with Crippen LogP contribution in [0.15, 0.2) is 18.5 Å². The summed E-state index contributed by atoms with van der Waals surface area (Å²) < 4.78 is 2.17. The number of rotatable bonds is 4. The molecule has 1 unspecified atom stereocenters. The molecular weight excluding hydrogens is 304 g/mol. The van der Waals surface area contributed by atoms with Gasteiger partial charge in [-0.3, -0.25) is 0 Å². The monoisotopic (exact) mass is 320 g/mol. The van der Waals surface area contributed by atoms with Gasteiger partial charge in [0, 0.05) is 29.6 Å². The number of hydrogen-bond donors (Lipinski definition) is 0. The van der Waals surface area contributed by atoms with Crippen LogP contribution in [0.25, 0.3) is 11.2 Å². The van der Waals surface area contributed by atoms with Gasteiger partial charge in [0.1, 0.15) is 16.3 Å². The van der Waals surface area contributed by atoms with Crippen molar-refractivity contribution in [2.75, 3.05) is 5.88 Å². The van der Waals surface area contributed by atoms with Gasteiger partial charge in [0.05, 0.1) is 6.04 Å². The maximum atomic E-state index is 5.94. The number of aryl methyl sites for hydroxylation is 3.